The average molecular weight is 292 g/mol. The maximum absolute atomic E-state index is 5.83. The Hall–Kier alpha value is -1.24. The molecule has 0 unspecified atom stereocenters. The van der Waals surface area contributed by atoms with Gasteiger partial charge in [-0.25, -0.2) is 0 Å². The third kappa shape index (κ3) is 4.62. The van der Waals surface area contributed by atoms with Crippen LogP contribution in [0.2, 0.25) is 0 Å². The smallest absolute Gasteiger partial charge is 0.148 e. The fraction of sp³-hybridized carbons (Fsp3) is 0.733. The zero-order chi connectivity index (χ0) is 14.3. The molecule has 0 amide bonds. The molecule has 0 bridgehead atoms. The number of hydrogen-bond acceptors (Lipinski definition) is 6. The molecule has 3 rings (SSSR count). The summed E-state index contributed by atoms with van der Waals surface area (Å²) in [5.74, 6) is 0.800. The molecule has 1 N–H and O–H groups in total. The number of nitrogens with one attached hydrogen (secondary N) is 1. The van der Waals surface area contributed by atoms with Gasteiger partial charge in [0.1, 0.15) is 5.82 Å². The molecule has 0 spiro atoms. The normalized spacial score (nSPS) is 27.4. The maximum Gasteiger partial charge on any atom is 0.148 e. The van der Waals surface area contributed by atoms with Crippen LogP contribution in [0, 0.1) is 0 Å². The van der Waals surface area contributed by atoms with Crippen molar-refractivity contribution in [3.63, 3.8) is 0 Å². The van der Waals surface area contributed by atoms with Crippen LogP contribution in [0.1, 0.15) is 19.3 Å². The summed E-state index contributed by atoms with van der Waals surface area (Å²) in [5, 5.41) is 11.2. The Balaban J connectivity index is 1.42. The van der Waals surface area contributed by atoms with Crippen LogP contribution in [0.4, 0.5) is 5.82 Å². The average Bonchev–Trinajstić information content (AvgIpc) is 2.55. The van der Waals surface area contributed by atoms with Crippen molar-refractivity contribution in [3.8, 4) is 0 Å². The van der Waals surface area contributed by atoms with Gasteiger partial charge in [0.2, 0.25) is 0 Å². The SMILES string of the molecule is c1cnnc(NC[C@H]2CN(C[C@@H]3CCCCO3)CCO2)c1. The van der Waals surface area contributed by atoms with E-state index in [2.05, 4.69) is 20.4 Å². The van der Waals surface area contributed by atoms with Crippen molar-refractivity contribution in [2.45, 2.75) is 31.5 Å². The zero-order valence-electron chi connectivity index (χ0n) is 12.4. The van der Waals surface area contributed by atoms with E-state index in [1.54, 1.807) is 6.20 Å². The zero-order valence-corrected chi connectivity index (χ0v) is 12.4. The molecular formula is C15H24N4O2. The van der Waals surface area contributed by atoms with E-state index in [4.69, 9.17) is 9.47 Å². The van der Waals surface area contributed by atoms with Crippen molar-refractivity contribution in [1.82, 2.24) is 15.1 Å². The first-order valence-corrected chi connectivity index (χ1v) is 7.87. The second-order valence-corrected chi connectivity index (χ2v) is 5.73. The molecule has 1 aromatic rings. The van der Waals surface area contributed by atoms with Crippen molar-refractivity contribution in [1.29, 1.82) is 0 Å². The highest BCUT2D eigenvalue weighted by Gasteiger charge is 2.24. The summed E-state index contributed by atoms with van der Waals surface area (Å²) in [6.07, 6.45) is 5.99. The Labute approximate surface area is 125 Å². The summed E-state index contributed by atoms with van der Waals surface area (Å²) in [5.41, 5.74) is 0. The van der Waals surface area contributed by atoms with Gasteiger partial charge in [-0.05, 0) is 31.4 Å². The fourth-order valence-corrected chi connectivity index (χ4v) is 2.92. The molecule has 6 heteroatoms. The van der Waals surface area contributed by atoms with Crippen LogP contribution in [0.25, 0.3) is 0 Å². The number of ether oxygens (including phenoxy) is 2. The lowest BCUT2D eigenvalue weighted by molar-refractivity contribution is -0.0555. The highest BCUT2D eigenvalue weighted by atomic mass is 16.5. The molecule has 116 valence electrons. The molecule has 6 nitrogen and oxygen atoms in total. The lowest BCUT2D eigenvalue weighted by Crippen LogP contribution is -2.48. The lowest BCUT2D eigenvalue weighted by atomic mass is 10.1. The summed E-state index contributed by atoms with van der Waals surface area (Å²) in [4.78, 5) is 2.46. The van der Waals surface area contributed by atoms with Crippen LogP contribution in [-0.2, 0) is 9.47 Å². The summed E-state index contributed by atoms with van der Waals surface area (Å²) < 4.78 is 11.7. The van der Waals surface area contributed by atoms with E-state index in [0.29, 0.717) is 6.10 Å². The monoisotopic (exact) mass is 292 g/mol. The molecule has 2 aliphatic heterocycles. The van der Waals surface area contributed by atoms with E-state index < -0.39 is 0 Å². The van der Waals surface area contributed by atoms with E-state index in [0.717, 1.165) is 45.2 Å². The van der Waals surface area contributed by atoms with E-state index in [-0.39, 0.29) is 6.10 Å². The van der Waals surface area contributed by atoms with Crippen molar-refractivity contribution < 1.29 is 9.47 Å². The molecule has 0 radical (unpaired) electrons. The van der Waals surface area contributed by atoms with Gasteiger partial charge in [0, 0.05) is 39.0 Å². The molecule has 1 aromatic heterocycles. The number of hydrogen-bond donors (Lipinski definition) is 1. The Kier molecular flexibility index (Phi) is 5.37. The molecule has 2 atom stereocenters. The molecule has 2 aliphatic rings. The van der Waals surface area contributed by atoms with E-state index >= 15 is 0 Å². The first-order valence-electron chi connectivity index (χ1n) is 7.87. The van der Waals surface area contributed by atoms with E-state index in [9.17, 15) is 0 Å². The summed E-state index contributed by atoms with van der Waals surface area (Å²) in [7, 11) is 0. The van der Waals surface area contributed by atoms with Gasteiger partial charge in [-0.3, -0.25) is 4.90 Å². The quantitative estimate of drug-likeness (QED) is 0.879. The van der Waals surface area contributed by atoms with Gasteiger partial charge in [0.25, 0.3) is 0 Å². The molecule has 3 heterocycles. The second-order valence-electron chi connectivity index (χ2n) is 5.73. The molecule has 21 heavy (non-hydrogen) atoms. The van der Waals surface area contributed by atoms with E-state index in [1.807, 2.05) is 12.1 Å². The van der Waals surface area contributed by atoms with Gasteiger partial charge in [-0.2, -0.15) is 5.10 Å². The van der Waals surface area contributed by atoms with Crippen molar-refractivity contribution in [2.24, 2.45) is 0 Å². The molecule has 0 saturated carbocycles. The highest BCUT2D eigenvalue weighted by molar-refractivity contribution is 5.31. The van der Waals surface area contributed by atoms with Gasteiger partial charge in [0.15, 0.2) is 0 Å². The Morgan fingerprint density at radius 3 is 3.00 bits per heavy atom. The predicted octanol–water partition coefficient (Wildman–Crippen LogP) is 1.16. The summed E-state index contributed by atoms with van der Waals surface area (Å²) in [6.45, 7) is 5.46. The first-order chi connectivity index (χ1) is 10.4. The van der Waals surface area contributed by atoms with Crippen LogP contribution >= 0.6 is 0 Å². The summed E-state index contributed by atoms with van der Waals surface area (Å²) >= 11 is 0. The van der Waals surface area contributed by atoms with Crippen LogP contribution < -0.4 is 5.32 Å². The second kappa shape index (κ2) is 7.68. The number of aromatic nitrogens is 2. The third-order valence-corrected chi connectivity index (χ3v) is 4.04. The minimum atomic E-state index is 0.198. The minimum Gasteiger partial charge on any atom is -0.377 e. The molecule has 2 fully saturated rings. The van der Waals surface area contributed by atoms with Gasteiger partial charge in [-0.15, -0.1) is 5.10 Å². The summed E-state index contributed by atoms with van der Waals surface area (Å²) in [6, 6.07) is 3.80. The first kappa shape index (κ1) is 14.7. The number of rotatable bonds is 5. The van der Waals surface area contributed by atoms with E-state index in [1.165, 1.54) is 19.3 Å². The van der Waals surface area contributed by atoms with Gasteiger partial charge in [-0.1, -0.05) is 0 Å². The number of morpholine rings is 1. The number of nitrogens with zero attached hydrogens (tertiary/aromatic N) is 3. The fourth-order valence-electron chi connectivity index (χ4n) is 2.92. The van der Waals surface area contributed by atoms with Gasteiger partial charge < -0.3 is 14.8 Å². The topological polar surface area (TPSA) is 59.5 Å². The number of anilines is 1. The standard InChI is InChI=1S/C15H24N4O2/c1-2-8-20-13(4-1)11-19-7-9-21-14(12-19)10-16-15-5-3-6-17-18-15/h3,5-6,13-14H,1-2,4,7-12H2,(H,16,18)/t13-,14-/m0/s1. The van der Waals surface area contributed by atoms with Crippen LogP contribution in [0.15, 0.2) is 18.3 Å². The predicted molar refractivity (Wildman–Crippen MR) is 80.3 cm³/mol. The van der Waals surface area contributed by atoms with Crippen LogP contribution in [0.3, 0.4) is 0 Å². The van der Waals surface area contributed by atoms with Gasteiger partial charge in [0.05, 0.1) is 18.8 Å². The van der Waals surface area contributed by atoms with Gasteiger partial charge >= 0.3 is 0 Å². The van der Waals surface area contributed by atoms with Crippen molar-refractivity contribution in [3.05, 3.63) is 18.3 Å². The molecule has 0 aromatic carbocycles. The molecule has 2 saturated heterocycles. The Morgan fingerprint density at radius 2 is 2.19 bits per heavy atom. The molecular weight excluding hydrogens is 268 g/mol. The lowest BCUT2D eigenvalue weighted by Gasteiger charge is -2.36. The van der Waals surface area contributed by atoms with Crippen molar-refractivity contribution >= 4 is 5.82 Å². The van der Waals surface area contributed by atoms with Crippen molar-refractivity contribution in [2.75, 3.05) is 44.7 Å². The van der Waals surface area contributed by atoms with Crippen LogP contribution in [0.5, 0.6) is 0 Å². The minimum absolute atomic E-state index is 0.198. The Bertz CT molecular complexity index is 411. The third-order valence-electron chi connectivity index (χ3n) is 4.04. The highest BCUT2D eigenvalue weighted by Crippen LogP contribution is 2.15. The maximum atomic E-state index is 5.83. The van der Waals surface area contributed by atoms with Crippen LogP contribution in [-0.4, -0.2) is 66.7 Å². The Morgan fingerprint density at radius 1 is 1.24 bits per heavy atom. The molecule has 0 aliphatic carbocycles. The largest absolute Gasteiger partial charge is 0.377 e.